The molecule has 0 amide bonds. The Kier molecular flexibility index (Phi) is 7.10. The third-order valence-electron chi connectivity index (χ3n) is 2.54. The second kappa shape index (κ2) is 8.10. The number of hydrogen-bond acceptors (Lipinski definition) is 1. The van der Waals surface area contributed by atoms with Gasteiger partial charge in [-0.15, -0.1) is 11.6 Å². The number of nitrogens with zero attached hydrogens (tertiary/aromatic N) is 1. The number of halogens is 2. The third-order valence-corrected chi connectivity index (χ3v) is 3.34. The van der Waals surface area contributed by atoms with Crippen LogP contribution in [0.25, 0.3) is 0 Å². The lowest BCUT2D eigenvalue weighted by molar-refractivity contribution is 0.318. The predicted molar refractivity (Wildman–Crippen MR) is 75.0 cm³/mol. The van der Waals surface area contributed by atoms with Gasteiger partial charge in [0.2, 0.25) is 0 Å². The van der Waals surface area contributed by atoms with Gasteiger partial charge in [-0.1, -0.05) is 34.5 Å². The predicted octanol–water partition coefficient (Wildman–Crippen LogP) is 4.29. The normalized spacial score (nSPS) is 11.0. The molecule has 1 aromatic rings. The van der Waals surface area contributed by atoms with Gasteiger partial charge in [-0.3, -0.25) is 0 Å². The molecular formula is C13H19BrClN. The van der Waals surface area contributed by atoms with Crippen molar-refractivity contribution >= 4 is 27.5 Å². The molecule has 0 spiro atoms. The van der Waals surface area contributed by atoms with Crippen LogP contribution in [-0.2, 0) is 6.54 Å². The van der Waals surface area contributed by atoms with E-state index in [-0.39, 0.29) is 0 Å². The standard InChI is InChI=1S/C13H19BrClN/c1-16(10-4-2-3-9-15)11-12-5-7-13(14)8-6-12/h5-8H,2-4,9-11H2,1H3. The average Bonchev–Trinajstić information content (AvgIpc) is 2.28. The van der Waals surface area contributed by atoms with Gasteiger partial charge in [0, 0.05) is 16.9 Å². The molecule has 0 N–H and O–H groups in total. The Morgan fingerprint density at radius 2 is 1.81 bits per heavy atom. The minimum Gasteiger partial charge on any atom is -0.302 e. The van der Waals surface area contributed by atoms with E-state index in [4.69, 9.17) is 11.6 Å². The molecule has 0 bridgehead atoms. The Balaban J connectivity index is 2.23. The lowest BCUT2D eigenvalue weighted by atomic mass is 10.2. The highest BCUT2D eigenvalue weighted by Crippen LogP contribution is 2.12. The second-order valence-electron chi connectivity index (χ2n) is 4.11. The summed E-state index contributed by atoms with van der Waals surface area (Å²) >= 11 is 9.09. The molecule has 0 aliphatic carbocycles. The molecule has 1 aromatic carbocycles. The summed E-state index contributed by atoms with van der Waals surface area (Å²) < 4.78 is 1.14. The fraction of sp³-hybridized carbons (Fsp3) is 0.538. The summed E-state index contributed by atoms with van der Waals surface area (Å²) in [6, 6.07) is 8.52. The largest absolute Gasteiger partial charge is 0.302 e. The first-order valence-corrected chi connectivity index (χ1v) is 7.04. The van der Waals surface area contributed by atoms with Gasteiger partial charge in [0.1, 0.15) is 0 Å². The molecule has 0 heterocycles. The maximum absolute atomic E-state index is 5.64. The van der Waals surface area contributed by atoms with Gasteiger partial charge in [-0.25, -0.2) is 0 Å². The average molecular weight is 305 g/mol. The Bertz CT molecular complexity index is 286. The van der Waals surface area contributed by atoms with Gasteiger partial charge in [0.05, 0.1) is 0 Å². The molecule has 1 nitrogen and oxygen atoms in total. The zero-order valence-corrected chi connectivity index (χ0v) is 12.1. The highest BCUT2D eigenvalue weighted by molar-refractivity contribution is 9.10. The SMILES string of the molecule is CN(CCCCCCl)Cc1ccc(Br)cc1. The Morgan fingerprint density at radius 3 is 2.44 bits per heavy atom. The molecule has 0 aliphatic heterocycles. The molecule has 0 aromatic heterocycles. The van der Waals surface area contributed by atoms with E-state index >= 15 is 0 Å². The van der Waals surface area contributed by atoms with Crippen LogP contribution in [0.1, 0.15) is 24.8 Å². The summed E-state index contributed by atoms with van der Waals surface area (Å²) in [4.78, 5) is 2.36. The van der Waals surface area contributed by atoms with Crippen molar-refractivity contribution in [3.8, 4) is 0 Å². The fourth-order valence-corrected chi connectivity index (χ4v) is 2.09. The quantitative estimate of drug-likeness (QED) is 0.536. The lowest BCUT2D eigenvalue weighted by Gasteiger charge is -2.16. The molecule has 0 aliphatic rings. The van der Waals surface area contributed by atoms with Crippen LogP contribution < -0.4 is 0 Å². The van der Waals surface area contributed by atoms with E-state index in [1.54, 1.807) is 0 Å². The molecule has 0 fully saturated rings. The van der Waals surface area contributed by atoms with Crippen LogP contribution in [0, 0.1) is 0 Å². The molecule has 16 heavy (non-hydrogen) atoms. The summed E-state index contributed by atoms with van der Waals surface area (Å²) in [5.41, 5.74) is 1.36. The molecule has 3 heteroatoms. The summed E-state index contributed by atoms with van der Waals surface area (Å²) in [5, 5.41) is 0. The summed E-state index contributed by atoms with van der Waals surface area (Å²) in [6.07, 6.45) is 3.60. The molecule has 90 valence electrons. The maximum atomic E-state index is 5.64. The number of rotatable bonds is 7. The third kappa shape index (κ3) is 5.88. The summed E-state index contributed by atoms with van der Waals surface area (Å²) in [7, 11) is 2.17. The molecule has 0 atom stereocenters. The van der Waals surface area contributed by atoms with Crippen LogP contribution in [0.2, 0.25) is 0 Å². The Labute approximate surface area is 112 Å². The molecule has 1 rings (SSSR count). The fourth-order valence-electron chi connectivity index (χ4n) is 1.63. The van der Waals surface area contributed by atoms with Gasteiger partial charge in [0.15, 0.2) is 0 Å². The van der Waals surface area contributed by atoms with Crippen molar-refractivity contribution in [2.75, 3.05) is 19.5 Å². The van der Waals surface area contributed by atoms with E-state index in [2.05, 4.69) is 52.1 Å². The van der Waals surface area contributed by atoms with E-state index < -0.39 is 0 Å². The highest BCUT2D eigenvalue weighted by atomic mass is 79.9. The number of benzene rings is 1. The van der Waals surface area contributed by atoms with Crippen LogP contribution in [-0.4, -0.2) is 24.4 Å². The van der Waals surface area contributed by atoms with Gasteiger partial charge < -0.3 is 4.90 Å². The van der Waals surface area contributed by atoms with Crippen molar-refractivity contribution in [1.29, 1.82) is 0 Å². The maximum Gasteiger partial charge on any atom is 0.0230 e. The minimum atomic E-state index is 0.788. The molecule has 0 saturated carbocycles. The monoisotopic (exact) mass is 303 g/mol. The van der Waals surface area contributed by atoms with Gasteiger partial charge in [0.25, 0.3) is 0 Å². The van der Waals surface area contributed by atoms with E-state index in [1.807, 2.05) is 0 Å². The van der Waals surface area contributed by atoms with Gasteiger partial charge in [-0.2, -0.15) is 0 Å². The summed E-state index contributed by atoms with van der Waals surface area (Å²) in [5.74, 6) is 0.788. The van der Waals surface area contributed by atoms with Crippen molar-refractivity contribution in [2.45, 2.75) is 25.8 Å². The van der Waals surface area contributed by atoms with Gasteiger partial charge in [-0.05, 0) is 44.1 Å². The van der Waals surface area contributed by atoms with Crippen LogP contribution in [0.5, 0.6) is 0 Å². The Morgan fingerprint density at radius 1 is 1.12 bits per heavy atom. The zero-order chi connectivity index (χ0) is 11.8. The molecule has 0 saturated heterocycles. The van der Waals surface area contributed by atoms with Crippen LogP contribution >= 0.6 is 27.5 Å². The van der Waals surface area contributed by atoms with Crippen LogP contribution in [0.3, 0.4) is 0 Å². The van der Waals surface area contributed by atoms with Crippen molar-refractivity contribution in [3.05, 3.63) is 34.3 Å². The second-order valence-corrected chi connectivity index (χ2v) is 5.41. The first-order valence-electron chi connectivity index (χ1n) is 5.71. The number of unbranched alkanes of at least 4 members (excludes halogenated alkanes) is 2. The zero-order valence-electron chi connectivity index (χ0n) is 9.76. The number of alkyl halides is 1. The minimum absolute atomic E-state index is 0.788. The van der Waals surface area contributed by atoms with E-state index in [9.17, 15) is 0 Å². The smallest absolute Gasteiger partial charge is 0.0230 e. The first kappa shape index (κ1) is 14.0. The molecule has 0 radical (unpaired) electrons. The molecular weight excluding hydrogens is 286 g/mol. The van der Waals surface area contributed by atoms with Crippen molar-refractivity contribution < 1.29 is 0 Å². The Hall–Kier alpha value is -0.0500. The van der Waals surface area contributed by atoms with Crippen molar-refractivity contribution in [3.63, 3.8) is 0 Å². The summed E-state index contributed by atoms with van der Waals surface area (Å²) in [6.45, 7) is 2.17. The van der Waals surface area contributed by atoms with Crippen molar-refractivity contribution in [2.24, 2.45) is 0 Å². The van der Waals surface area contributed by atoms with Crippen LogP contribution in [0.4, 0.5) is 0 Å². The molecule has 0 unspecified atom stereocenters. The topological polar surface area (TPSA) is 3.24 Å². The highest BCUT2D eigenvalue weighted by Gasteiger charge is 2.00. The van der Waals surface area contributed by atoms with Crippen LogP contribution in [0.15, 0.2) is 28.7 Å². The number of hydrogen-bond donors (Lipinski definition) is 0. The van der Waals surface area contributed by atoms with E-state index in [0.717, 1.165) is 29.9 Å². The lowest BCUT2D eigenvalue weighted by Crippen LogP contribution is -2.19. The van der Waals surface area contributed by atoms with Crippen molar-refractivity contribution in [1.82, 2.24) is 4.90 Å². The first-order chi connectivity index (χ1) is 7.72. The van der Waals surface area contributed by atoms with Gasteiger partial charge >= 0.3 is 0 Å². The van der Waals surface area contributed by atoms with E-state index in [1.165, 1.54) is 18.4 Å². The van der Waals surface area contributed by atoms with E-state index in [0.29, 0.717) is 0 Å².